The standard InChI is InChI=1S/C26H28N4O4/c1-17(2)33-14-6-12-28-24(31)20(16-27)15-22-25(34-21-10-8-18(3)9-11-21)29-23-19(4)7-5-13-30(23)26(22)32/h5,7-11,13,15,17H,6,12,14H2,1-4H3,(H,28,31). The van der Waals surface area contributed by atoms with E-state index in [9.17, 15) is 14.9 Å². The molecule has 0 saturated carbocycles. The van der Waals surface area contributed by atoms with Crippen molar-refractivity contribution in [2.45, 2.75) is 40.2 Å². The maximum atomic E-state index is 13.3. The van der Waals surface area contributed by atoms with Gasteiger partial charge in [0.25, 0.3) is 11.5 Å². The number of nitriles is 1. The summed E-state index contributed by atoms with van der Waals surface area (Å²) < 4.78 is 12.8. The Morgan fingerprint density at radius 3 is 2.65 bits per heavy atom. The van der Waals surface area contributed by atoms with E-state index in [-0.39, 0.29) is 23.1 Å². The van der Waals surface area contributed by atoms with Crippen LogP contribution in [0.5, 0.6) is 11.6 Å². The highest BCUT2D eigenvalue weighted by molar-refractivity contribution is 6.01. The third-order valence-corrected chi connectivity index (χ3v) is 5.00. The number of pyridine rings is 1. The van der Waals surface area contributed by atoms with Gasteiger partial charge in [0, 0.05) is 19.3 Å². The number of rotatable bonds is 9. The highest BCUT2D eigenvalue weighted by Gasteiger charge is 2.18. The highest BCUT2D eigenvalue weighted by Crippen LogP contribution is 2.25. The monoisotopic (exact) mass is 460 g/mol. The fourth-order valence-corrected chi connectivity index (χ4v) is 3.19. The smallest absolute Gasteiger partial charge is 0.269 e. The molecule has 0 unspecified atom stereocenters. The average Bonchev–Trinajstić information content (AvgIpc) is 2.80. The number of benzene rings is 1. The Morgan fingerprint density at radius 2 is 1.97 bits per heavy atom. The van der Waals surface area contributed by atoms with Crippen LogP contribution < -0.4 is 15.6 Å². The highest BCUT2D eigenvalue weighted by atomic mass is 16.5. The Hall–Kier alpha value is -3.96. The molecule has 0 radical (unpaired) electrons. The van der Waals surface area contributed by atoms with Crippen LogP contribution in [0.15, 0.2) is 53.0 Å². The van der Waals surface area contributed by atoms with Crippen LogP contribution in [0.1, 0.15) is 37.0 Å². The lowest BCUT2D eigenvalue weighted by molar-refractivity contribution is -0.117. The molecule has 176 valence electrons. The van der Waals surface area contributed by atoms with Crippen LogP contribution in [-0.2, 0) is 9.53 Å². The van der Waals surface area contributed by atoms with Crippen molar-refractivity contribution in [3.63, 3.8) is 0 Å². The lowest BCUT2D eigenvalue weighted by Gasteiger charge is -2.12. The minimum Gasteiger partial charge on any atom is -0.438 e. The molecule has 3 rings (SSSR count). The molecule has 8 heteroatoms. The van der Waals surface area contributed by atoms with Crippen LogP contribution in [0.2, 0.25) is 0 Å². The number of fused-ring (bicyclic) bond motifs is 1. The molecule has 0 aliphatic carbocycles. The number of hydrogen-bond donors (Lipinski definition) is 1. The lowest BCUT2D eigenvalue weighted by atomic mass is 10.1. The molecule has 2 heterocycles. The van der Waals surface area contributed by atoms with Crippen molar-refractivity contribution in [2.24, 2.45) is 0 Å². The lowest BCUT2D eigenvalue weighted by Crippen LogP contribution is -2.27. The summed E-state index contributed by atoms with van der Waals surface area (Å²) >= 11 is 0. The van der Waals surface area contributed by atoms with Crippen LogP contribution >= 0.6 is 0 Å². The summed E-state index contributed by atoms with van der Waals surface area (Å²) in [5.74, 6) is -0.0747. The third kappa shape index (κ3) is 6.09. The number of carbonyl (C=O) groups excluding carboxylic acids is 1. The number of aryl methyl sites for hydroxylation is 2. The van der Waals surface area contributed by atoms with Gasteiger partial charge in [-0.3, -0.25) is 14.0 Å². The Morgan fingerprint density at radius 1 is 1.24 bits per heavy atom. The second-order valence-electron chi connectivity index (χ2n) is 8.13. The van der Waals surface area contributed by atoms with Crippen LogP contribution in [0.25, 0.3) is 11.7 Å². The Bertz CT molecular complexity index is 1300. The van der Waals surface area contributed by atoms with Crippen LogP contribution in [0.4, 0.5) is 0 Å². The first-order valence-electron chi connectivity index (χ1n) is 11.1. The minimum atomic E-state index is -0.581. The van der Waals surface area contributed by atoms with E-state index in [2.05, 4.69) is 10.3 Å². The molecule has 0 atom stereocenters. The van der Waals surface area contributed by atoms with E-state index in [0.717, 1.165) is 11.1 Å². The molecule has 0 spiro atoms. The molecule has 3 aromatic rings. The molecule has 1 N–H and O–H groups in total. The molecular formula is C26H28N4O4. The molecular weight excluding hydrogens is 432 g/mol. The zero-order valence-corrected chi connectivity index (χ0v) is 19.8. The van der Waals surface area contributed by atoms with Crippen molar-refractivity contribution >= 4 is 17.6 Å². The molecule has 1 amide bonds. The molecule has 0 aliphatic heterocycles. The van der Waals surface area contributed by atoms with E-state index in [4.69, 9.17) is 9.47 Å². The van der Waals surface area contributed by atoms with E-state index >= 15 is 0 Å². The fraction of sp³-hybridized carbons (Fsp3) is 0.308. The van der Waals surface area contributed by atoms with Gasteiger partial charge in [0.1, 0.15) is 28.6 Å². The van der Waals surface area contributed by atoms with E-state index in [1.165, 1.54) is 10.5 Å². The summed E-state index contributed by atoms with van der Waals surface area (Å²) in [6, 6.07) is 12.7. The van der Waals surface area contributed by atoms with Crippen LogP contribution in [0, 0.1) is 25.2 Å². The molecule has 8 nitrogen and oxygen atoms in total. The molecule has 0 bridgehead atoms. The van der Waals surface area contributed by atoms with Gasteiger partial charge in [-0.1, -0.05) is 23.8 Å². The van der Waals surface area contributed by atoms with Gasteiger partial charge in [0.15, 0.2) is 0 Å². The predicted octanol–water partition coefficient (Wildman–Crippen LogP) is 3.94. The summed E-state index contributed by atoms with van der Waals surface area (Å²) in [5.41, 5.74) is 1.62. The number of nitrogens with zero attached hydrogens (tertiary/aromatic N) is 3. The quantitative estimate of drug-likeness (QED) is 0.295. The first kappa shape index (κ1) is 24.7. The van der Waals surface area contributed by atoms with Gasteiger partial charge in [0.2, 0.25) is 5.88 Å². The van der Waals surface area contributed by atoms with E-state index < -0.39 is 11.5 Å². The van der Waals surface area contributed by atoms with Gasteiger partial charge in [-0.05, 0) is 64.0 Å². The maximum absolute atomic E-state index is 13.3. The Kier molecular flexibility index (Phi) is 8.17. The second kappa shape index (κ2) is 11.3. The summed E-state index contributed by atoms with van der Waals surface area (Å²) in [5, 5.41) is 12.3. The summed E-state index contributed by atoms with van der Waals surface area (Å²) in [6.07, 6.45) is 3.53. The van der Waals surface area contributed by atoms with Crippen molar-refractivity contribution in [1.82, 2.24) is 14.7 Å². The number of aromatic nitrogens is 2. The molecule has 0 saturated heterocycles. The second-order valence-corrected chi connectivity index (χ2v) is 8.13. The SMILES string of the molecule is Cc1ccc(Oc2nc3c(C)cccn3c(=O)c2C=C(C#N)C(=O)NCCCOC(C)C)cc1. The van der Waals surface area contributed by atoms with Crippen molar-refractivity contribution in [3.05, 3.63) is 75.2 Å². The van der Waals surface area contributed by atoms with Crippen molar-refractivity contribution in [2.75, 3.05) is 13.2 Å². The normalized spacial score (nSPS) is 11.5. The molecule has 34 heavy (non-hydrogen) atoms. The third-order valence-electron chi connectivity index (χ3n) is 5.00. The Balaban J connectivity index is 1.98. The summed E-state index contributed by atoms with van der Waals surface area (Å²) in [4.78, 5) is 30.5. The van der Waals surface area contributed by atoms with Gasteiger partial charge in [-0.15, -0.1) is 0 Å². The molecule has 1 aromatic carbocycles. The summed E-state index contributed by atoms with van der Waals surface area (Å²) in [6.45, 7) is 8.49. The van der Waals surface area contributed by atoms with Crippen LogP contribution in [0.3, 0.4) is 0 Å². The maximum Gasteiger partial charge on any atom is 0.269 e. The van der Waals surface area contributed by atoms with Crippen molar-refractivity contribution in [1.29, 1.82) is 5.26 Å². The number of nitrogens with one attached hydrogen (secondary N) is 1. The van der Waals surface area contributed by atoms with Crippen molar-refractivity contribution in [3.8, 4) is 17.7 Å². The first-order chi connectivity index (χ1) is 16.3. The van der Waals surface area contributed by atoms with Crippen molar-refractivity contribution < 1.29 is 14.3 Å². The zero-order valence-electron chi connectivity index (χ0n) is 19.8. The first-order valence-corrected chi connectivity index (χ1v) is 11.1. The predicted molar refractivity (Wildman–Crippen MR) is 130 cm³/mol. The van der Waals surface area contributed by atoms with E-state index in [1.807, 2.05) is 52.0 Å². The largest absolute Gasteiger partial charge is 0.438 e. The molecule has 2 aromatic heterocycles. The van der Waals surface area contributed by atoms with Gasteiger partial charge in [-0.25, -0.2) is 0 Å². The van der Waals surface area contributed by atoms with Gasteiger partial charge < -0.3 is 14.8 Å². The van der Waals surface area contributed by atoms with E-state index in [1.54, 1.807) is 24.4 Å². The fourth-order valence-electron chi connectivity index (χ4n) is 3.19. The number of hydrogen-bond acceptors (Lipinski definition) is 6. The topological polar surface area (TPSA) is 106 Å². The zero-order chi connectivity index (χ0) is 24.7. The molecule has 0 fully saturated rings. The number of amides is 1. The summed E-state index contributed by atoms with van der Waals surface area (Å²) in [7, 11) is 0. The van der Waals surface area contributed by atoms with Crippen LogP contribution in [-0.4, -0.2) is 34.5 Å². The molecule has 0 aliphatic rings. The van der Waals surface area contributed by atoms with Gasteiger partial charge in [-0.2, -0.15) is 10.2 Å². The van der Waals surface area contributed by atoms with E-state index in [0.29, 0.717) is 31.0 Å². The Labute approximate surface area is 198 Å². The minimum absolute atomic E-state index is 0.0125. The number of ether oxygens (including phenoxy) is 2. The average molecular weight is 461 g/mol. The van der Waals surface area contributed by atoms with Gasteiger partial charge >= 0.3 is 0 Å². The van der Waals surface area contributed by atoms with Gasteiger partial charge in [0.05, 0.1) is 6.10 Å². The number of carbonyl (C=O) groups is 1.